The van der Waals surface area contributed by atoms with Crippen molar-refractivity contribution in [2.24, 2.45) is 0 Å². The summed E-state index contributed by atoms with van der Waals surface area (Å²) >= 11 is 6.49. The first-order valence-corrected chi connectivity index (χ1v) is 9.42. The summed E-state index contributed by atoms with van der Waals surface area (Å²) in [6.45, 7) is 1.85. The quantitative estimate of drug-likeness (QED) is 0.693. The van der Waals surface area contributed by atoms with Gasteiger partial charge in [-0.2, -0.15) is 0 Å². The molecule has 0 bridgehead atoms. The van der Waals surface area contributed by atoms with Gasteiger partial charge in [0, 0.05) is 19.2 Å². The highest BCUT2D eigenvalue weighted by Crippen LogP contribution is 2.48. The van der Waals surface area contributed by atoms with Crippen molar-refractivity contribution >= 4 is 34.4 Å². The first kappa shape index (κ1) is 17.6. The van der Waals surface area contributed by atoms with Gasteiger partial charge in [0.15, 0.2) is 5.58 Å². The molecule has 7 nitrogen and oxygen atoms in total. The molecule has 2 aliphatic rings. The van der Waals surface area contributed by atoms with Crippen LogP contribution in [0.25, 0.3) is 11.1 Å². The number of anilines is 1. The summed E-state index contributed by atoms with van der Waals surface area (Å²) in [4.78, 5) is 16.8. The average Bonchev–Trinajstić information content (AvgIpc) is 3.01. The molecule has 0 unspecified atom stereocenters. The number of methoxy groups -OCH3 is 1. The van der Waals surface area contributed by atoms with E-state index in [4.69, 9.17) is 20.8 Å². The molecule has 26 heavy (non-hydrogen) atoms. The van der Waals surface area contributed by atoms with Crippen LogP contribution >= 0.6 is 11.6 Å². The first-order chi connectivity index (χ1) is 12.6. The minimum Gasteiger partial charge on any atom is -0.439 e. The van der Waals surface area contributed by atoms with Gasteiger partial charge in [-0.15, -0.1) is 0 Å². The molecule has 4 rings (SSSR count). The maximum Gasteiger partial charge on any atom is 0.319 e. The number of benzene rings is 1. The Bertz CT molecular complexity index is 829. The number of nitrogens with zero attached hydrogens (tertiary/aromatic N) is 1. The van der Waals surface area contributed by atoms with Gasteiger partial charge in [0.25, 0.3) is 0 Å². The number of fused-ring (bicyclic) bond motifs is 4. The minimum atomic E-state index is -0.431. The van der Waals surface area contributed by atoms with E-state index in [2.05, 4.69) is 20.9 Å². The van der Waals surface area contributed by atoms with Gasteiger partial charge in [0.1, 0.15) is 5.52 Å². The molecule has 3 N–H and O–H groups in total. The van der Waals surface area contributed by atoms with Crippen LogP contribution in [-0.2, 0) is 16.8 Å². The Morgan fingerprint density at radius 3 is 2.96 bits per heavy atom. The molecule has 0 radical (unpaired) electrons. The summed E-state index contributed by atoms with van der Waals surface area (Å²) in [5.74, 6) is 0.600. The Morgan fingerprint density at radius 1 is 1.38 bits per heavy atom. The van der Waals surface area contributed by atoms with Crippen molar-refractivity contribution in [1.29, 1.82) is 0 Å². The van der Waals surface area contributed by atoms with E-state index in [1.165, 1.54) is 6.42 Å². The first-order valence-electron chi connectivity index (χ1n) is 9.04. The van der Waals surface area contributed by atoms with Crippen molar-refractivity contribution in [2.75, 3.05) is 25.6 Å². The second-order valence-corrected chi connectivity index (χ2v) is 7.36. The number of hydrogen-bond acceptors (Lipinski definition) is 5. The SMILES string of the molecule is COCCNCc1nc2cc(Cl)c3c(c2o1)C1(CCCCC1)NC(=O)N3. The Balaban J connectivity index is 1.77. The number of carbonyl (C=O) groups is 1. The second kappa shape index (κ2) is 7.06. The van der Waals surface area contributed by atoms with Crippen molar-refractivity contribution in [3.05, 3.63) is 22.5 Å². The third-order valence-corrected chi connectivity index (χ3v) is 5.51. The van der Waals surface area contributed by atoms with E-state index >= 15 is 0 Å². The monoisotopic (exact) mass is 378 g/mol. The summed E-state index contributed by atoms with van der Waals surface area (Å²) in [5.41, 5.74) is 2.59. The fourth-order valence-corrected chi connectivity index (χ4v) is 4.30. The van der Waals surface area contributed by atoms with Crippen molar-refractivity contribution < 1.29 is 13.9 Å². The fraction of sp³-hybridized carbons (Fsp3) is 0.556. The van der Waals surface area contributed by atoms with Crippen molar-refractivity contribution in [1.82, 2.24) is 15.6 Å². The predicted octanol–water partition coefficient (Wildman–Crippen LogP) is 3.51. The number of aromatic nitrogens is 1. The van der Waals surface area contributed by atoms with Gasteiger partial charge in [-0.1, -0.05) is 30.9 Å². The minimum absolute atomic E-state index is 0.207. The molecular formula is C18H23ClN4O3. The Hall–Kier alpha value is -1.83. The molecule has 2 aromatic rings. The fourth-order valence-electron chi connectivity index (χ4n) is 4.06. The number of rotatable bonds is 5. The summed E-state index contributed by atoms with van der Waals surface area (Å²) < 4.78 is 11.1. The molecular weight excluding hydrogens is 356 g/mol. The van der Waals surface area contributed by atoms with Gasteiger partial charge >= 0.3 is 6.03 Å². The van der Waals surface area contributed by atoms with Crippen LogP contribution in [0.4, 0.5) is 10.5 Å². The van der Waals surface area contributed by atoms with Gasteiger partial charge in [-0.3, -0.25) is 0 Å². The predicted molar refractivity (Wildman–Crippen MR) is 99.5 cm³/mol. The van der Waals surface area contributed by atoms with Gasteiger partial charge in [0.05, 0.1) is 29.4 Å². The number of nitrogens with one attached hydrogen (secondary N) is 3. The highest BCUT2D eigenvalue weighted by atomic mass is 35.5. The van der Waals surface area contributed by atoms with Gasteiger partial charge in [0.2, 0.25) is 5.89 Å². The molecule has 0 atom stereocenters. The van der Waals surface area contributed by atoms with Crippen LogP contribution in [0.2, 0.25) is 5.02 Å². The summed E-state index contributed by atoms with van der Waals surface area (Å²) in [5, 5.41) is 9.74. The van der Waals surface area contributed by atoms with E-state index in [1.54, 1.807) is 13.2 Å². The van der Waals surface area contributed by atoms with Crippen LogP contribution in [0, 0.1) is 0 Å². The standard InChI is InChI=1S/C18H23ClN4O3/c1-25-8-7-20-10-13-21-12-9-11(19)15-14(16(12)26-13)18(23-17(24)22-15)5-3-2-4-6-18/h9,20H,2-8,10H2,1H3,(H2,22,23,24). The molecule has 0 saturated heterocycles. The lowest BCUT2D eigenvalue weighted by Crippen LogP contribution is -2.52. The van der Waals surface area contributed by atoms with Crippen LogP contribution in [0.5, 0.6) is 0 Å². The molecule has 1 spiro atoms. The smallest absolute Gasteiger partial charge is 0.319 e. The molecule has 1 aromatic carbocycles. The molecule has 1 saturated carbocycles. The zero-order valence-corrected chi connectivity index (χ0v) is 15.5. The molecule has 1 aliphatic heterocycles. The number of halogens is 1. The number of ether oxygens (including phenoxy) is 1. The van der Waals surface area contributed by atoms with Crippen molar-refractivity contribution in [2.45, 2.75) is 44.2 Å². The molecule has 1 aliphatic carbocycles. The molecule has 8 heteroatoms. The van der Waals surface area contributed by atoms with Crippen LogP contribution in [0.15, 0.2) is 10.5 Å². The number of amides is 2. The van der Waals surface area contributed by atoms with Crippen LogP contribution in [0.1, 0.15) is 43.6 Å². The Labute approximate surface area is 156 Å². The zero-order chi connectivity index (χ0) is 18.1. The molecule has 2 heterocycles. The molecule has 1 fully saturated rings. The maximum absolute atomic E-state index is 12.2. The summed E-state index contributed by atoms with van der Waals surface area (Å²) in [6, 6.07) is 1.56. The Kier molecular flexibility index (Phi) is 4.77. The molecule has 140 valence electrons. The van der Waals surface area contributed by atoms with E-state index in [0.717, 1.165) is 43.3 Å². The molecule has 2 amide bonds. The van der Waals surface area contributed by atoms with Gasteiger partial charge in [-0.25, -0.2) is 9.78 Å². The highest BCUT2D eigenvalue weighted by Gasteiger charge is 2.44. The number of urea groups is 1. The normalized spacial score (nSPS) is 18.6. The largest absolute Gasteiger partial charge is 0.439 e. The van der Waals surface area contributed by atoms with E-state index in [9.17, 15) is 4.79 Å². The highest BCUT2D eigenvalue weighted by molar-refractivity contribution is 6.35. The maximum atomic E-state index is 12.2. The lowest BCUT2D eigenvalue weighted by Gasteiger charge is -2.42. The van der Waals surface area contributed by atoms with E-state index in [1.807, 2.05) is 0 Å². The van der Waals surface area contributed by atoms with Crippen LogP contribution < -0.4 is 16.0 Å². The van der Waals surface area contributed by atoms with E-state index < -0.39 is 5.54 Å². The van der Waals surface area contributed by atoms with Gasteiger partial charge in [-0.05, 0) is 18.9 Å². The number of carbonyl (C=O) groups excluding carboxylic acids is 1. The number of hydrogen-bond donors (Lipinski definition) is 3. The number of oxazole rings is 1. The summed E-state index contributed by atoms with van der Waals surface area (Å²) in [7, 11) is 1.67. The van der Waals surface area contributed by atoms with E-state index in [0.29, 0.717) is 35.3 Å². The van der Waals surface area contributed by atoms with E-state index in [-0.39, 0.29) is 6.03 Å². The lowest BCUT2D eigenvalue weighted by molar-refractivity contribution is 0.198. The second-order valence-electron chi connectivity index (χ2n) is 6.96. The third-order valence-electron chi connectivity index (χ3n) is 5.21. The summed E-state index contributed by atoms with van der Waals surface area (Å²) in [6.07, 6.45) is 5.06. The lowest BCUT2D eigenvalue weighted by atomic mass is 9.74. The van der Waals surface area contributed by atoms with Crippen LogP contribution in [0.3, 0.4) is 0 Å². The third kappa shape index (κ3) is 3.04. The zero-order valence-electron chi connectivity index (χ0n) is 14.8. The van der Waals surface area contributed by atoms with Crippen molar-refractivity contribution in [3.63, 3.8) is 0 Å². The average molecular weight is 379 g/mol. The van der Waals surface area contributed by atoms with Crippen LogP contribution in [-0.4, -0.2) is 31.3 Å². The molecule has 1 aromatic heterocycles. The van der Waals surface area contributed by atoms with Gasteiger partial charge < -0.3 is 25.1 Å². The Morgan fingerprint density at radius 2 is 2.19 bits per heavy atom. The topological polar surface area (TPSA) is 88.4 Å². The van der Waals surface area contributed by atoms with Crippen molar-refractivity contribution in [3.8, 4) is 0 Å².